The number of carbonyl (C=O) groups is 1. The van der Waals surface area contributed by atoms with Gasteiger partial charge in [-0.15, -0.1) is 0 Å². The van der Waals surface area contributed by atoms with Crippen LogP contribution in [0.2, 0.25) is 0 Å². The van der Waals surface area contributed by atoms with E-state index in [0.29, 0.717) is 46.6 Å². The van der Waals surface area contributed by atoms with Crippen molar-refractivity contribution in [3.05, 3.63) is 17.1 Å². The number of aryl methyl sites for hydroxylation is 1. The zero-order valence-electron chi connectivity index (χ0n) is 15.3. The van der Waals surface area contributed by atoms with Gasteiger partial charge < -0.3 is 14.9 Å². The third kappa shape index (κ3) is 3.61. The van der Waals surface area contributed by atoms with Gasteiger partial charge in [-0.3, -0.25) is 4.90 Å². The minimum Gasteiger partial charge on any atom is -0.462 e. The van der Waals surface area contributed by atoms with Crippen LogP contribution in [0.15, 0.2) is 4.42 Å². The molecule has 1 fully saturated rings. The molecule has 1 aliphatic rings. The number of hydrogen-bond acceptors (Lipinski definition) is 7. The van der Waals surface area contributed by atoms with E-state index in [-0.39, 0.29) is 12.4 Å². The largest absolute Gasteiger partial charge is 0.462 e. The van der Waals surface area contributed by atoms with Crippen molar-refractivity contribution >= 4 is 22.9 Å². The van der Waals surface area contributed by atoms with Gasteiger partial charge in [0.1, 0.15) is 23.0 Å². The lowest BCUT2D eigenvalue weighted by Gasteiger charge is -2.34. The molecule has 136 valence electrons. The average Bonchev–Trinajstić information content (AvgIpc) is 2.83. The highest BCUT2D eigenvalue weighted by Crippen LogP contribution is 2.29. The van der Waals surface area contributed by atoms with Crippen molar-refractivity contribution < 1.29 is 13.9 Å². The van der Waals surface area contributed by atoms with Crippen LogP contribution in [0.4, 0.5) is 5.82 Å². The molecule has 0 radical (unpaired) electrons. The molecule has 2 atom stereocenters. The van der Waals surface area contributed by atoms with E-state index in [1.54, 1.807) is 13.8 Å². The zero-order chi connectivity index (χ0) is 18.1. The predicted octanol–water partition coefficient (Wildman–Crippen LogP) is 2.77. The van der Waals surface area contributed by atoms with Crippen LogP contribution in [-0.2, 0) is 11.3 Å². The maximum absolute atomic E-state index is 12.2. The SMILES string of the molecule is CCOC(=O)c1c(C)oc2nc(CN3CC(C)CC(C)C3)nc(N)c12. The number of fused-ring (bicyclic) bond motifs is 1. The maximum Gasteiger partial charge on any atom is 0.342 e. The van der Waals surface area contributed by atoms with E-state index < -0.39 is 5.97 Å². The maximum atomic E-state index is 12.2. The first-order chi connectivity index (χ1) is 11.9. The molecule has 1 saturated heterocycles. The minimum atomic E-state index is -0.458. The van der Waals surface area contributed by atoms with E-state index in [4.69, 9.17) is 14.9 Å². The molecule has 0 aromatic carbocycles. The molecule has 0 amide bonds. The number of nitrogen functional groups attached to an aromatic ring is 1. The molecule has 3 rings (SSSR count). The van der Waals surface area contributed by atoms with Gasteiger partial charge in [0.25, 0.3) is 0 Å². The summed E-state index contributed by atoms with van der Waals surface area (Å²) in [6.45, 7) is 11.0. The highest BCUT2D eigenvalue weighted by molar-refractivity contribution is 6.07. The Bertz CT molecular complexity index is 776. The summed E-state index contributed by atoms with van der Waals surface area (Å²) in [6.07, 6.45) is 1.25. The zero-order valence-corrected chi connectivity index (χ0v) is 15.3. The van der Waals surface area contributed by atoms with Crippen molar-refractivity contribution in [2.24, 2.45) is 11.8 Å². The second-order valence-electron chi connectivity index (χ2n) is 7.10. The van der Waals surface area contributed by atoms with Gasteiger partial charge in [-0.05, 0) is 32.1 Å². The molecule has 0 saturated carbocycles. The average molecular weight is 346 g/mol. The highest BCUT2D eigenvalue weighted by Gasteiger charge is 2.26. The summed E-state index contributed by atoms with van der Waals surface area (Å²) < 4.78 is 10.8. The van der Waals surface area contributed by atoms with Crippen molar-refractivity contribution in [1.82, 2.24) is 14.9 Å². The van der Waals surface area contributed by atoms with E-state index >= 15 is 0 Å². The highest BCUT2D eigenvalue weighted by atomic mass is 16.5. The Hall–Kier alpha value is -2.15. The van der Waals surface area contributed by atoms with Crippen molar-refractivity contribution in [2.75, 3.05) is 25.4 Å². The second-order valence-corrected chi connectivity index (χ2v) is 7.10. The molecule has 25 heavy (non-hydrogen) atoms. The van der Waals surface area contributed by atoms with Crippen LogP contribution < -0.4 is 5.73 Å². The van der Waals surface area contributed by atoms with Crippen molar-refractivity contribution in [3.63, 3.8) is 0 Å². The van der Waals surface area contributed by atoms with Crippen molar-refractivity contribution in [3.8, 4) is 0 Å². The lowest BCUT2D eigenvalue weighted by atomic mass is 9.92. The summed E-state index contributed by atoms with van der Waals surface area (Å²) in [7, 11) is 0. The van der Waals surface area contributed by atoms with E-state index in [2.05, 4.69) is 28.7 Å². The number of hydrogen-bond donors (Lipinski definition) is 1. The summed E-state index contributed by atoms with van der Waals surface area (Å²) in [6, 6.07) is 0. The van der Waals surface area contributed by atoms with Gasteiger partial charge in [0.15, 0.2) is 0 Å². The number of nitrogens with two attached hydrogens (primary N) is 1. The number of likely N-dealkylation sites (tertiary alicyclic amines) is 1. The van der Waals surface area contributed by atoms with Gasteiger partial charge in [0.2, 0.25) is 5.71 Å². The van der Waals surface area contributed by atoms with Gasteiger partial charge in [-0.1, -0.05) is 13.8 Å². The van der Waals surface area contributed by atoms with Crippen LogP contribution in [0, 0.1) is 18.8 Å². The third-order valence-electron chi connectivity index (χ3n) is 4.59. The summed E-state index contributed by atoms with van der Waals surface area (Å²) in [5.74, 6) is 2.19. The first-order valence-corrected chi connectivity index (χ1v) is 8.84. The fourth-order valence-electron chi connectivity index (χ4n) is 3.82. The Morgan fingerprint density at radius 2 is 2.00 bits per heavy atom. The Kier molecular flexibility index (Phi) is 4.94. The first kappa shape index (κ1) is 17.7. The van der Waals surface area contributed by atoms with E-state index in [0.717, 1.165) is 13.1 Å². The van der Waals surface area contributed by atoms with Crippen LogP contribution in [0.1, 0.15) is 49.1 Å². The number of nitrogens with zero attached hydrogens (tertiary/aromatic N) is 3. The molecular weight excluding hydrogens is 320 g/mol. The molecule has 0 aliphatic carbocycles. The Balaban J connectivity index is 1.91. The van der Waals surface area contributed by atoms with Crippen LogP contribution in [0.3, 0.4) is 0 Å². The smallest absolute Gasteiger partial charge is 0.342 e. The molecule has 2 unspecified atom stereocenters. The standard InChI is InChI=1S/C18H26N4O3/c1-5-24-18(23)14-12(4)25-17-15(14)16(19)20-13(21-17)9-22-7-10(2)6-11(3)8-22/h10-11H,5-9H2,1-4H3,(H2,19,20,21). The first-order valence-electron chi connectivity index (χ1n) is 8.84. The van der Waals surface area contributed by atoms with E-state index in [1.165, 1.54) is 6.42 Å². The molecular formula is C18H26N4O3. The quantitative estimate of drug-likeness (QED) is 0.851. The molecule has 0 bridgehead atoms. The molecule has 7 heteroatoms. The van der Waals surface area contributed by atoms with Crippen molar-refractivity contribution in [1.29, 1.82) is 0 Å². The lowest BCUT2D eigenvalue weighted by molar-refractivity contribution is 0.0526. The van der Waals surface area contributed by atoms with Gasteiger partial charge in [-0.2, -0.15) is 4.98 Å². The number of anilines is 1. The minimum absolute atomic E-state index is 0.262. The van der Waals surface area contributed by atoms with Crippen LogP contribution in [0.5, 0.6) is 0 Å². The number of aromatic nitrogens is 2. The van der Waals surface area contributed by atoms with Crippen LogP contribution in [0.25, 0.3) is 11.1 Å². The Labute approximate surface area is 147 Å². The van der Waals surface area contributed by atoms with Gasteiger partial charge >= 0.3 is 5.97 Å². The lowest BCUT2D eigenvalue weighted by Crippen LogP contribution is -2.38. The molecule has 1 aliphatic heterocycles. The van der Waals surface area contributed by atoms with E-state index in [9.17, 15) is 4.79 Å². The summed E-state index contributed by atoms with van der Waals surface area (Å²) in [5, 5.41) is 0.445. The predicted molar refractivity (Wildman–Crippen MR) is 95.1 cm³/mol. The number of furan rings is 1. The Morgan fingerprint density at radius 1 is 1.32 bits per heavy atom. The van der Waals surface area contributed by atoms with Crippen LogP contribution >= 0.6 is 0 Å². The number of carbonyl (C=O) groups excluding carboxylic acids is 1. The molecule has 2 N–H and O–H groups in total. The molecule has 7 nitrogen and oxygen atoms in total. The molecule has 3 heterocycles. The van der Waals surface area contributed by atoms with Crippen LogP contribution in [-0.4, -0.2) is 40.5 Å². The van der Waals surface area contributed by atoms with Gasteiger partial charge in [-0.25, -0.2) is 9.78 Å². The monoisotopic (exact) mass is 346 g/mol. The van der Waals surface area contributed by atoms with Gasteiger partial charge in [0, 0.05) is 13.1 Å². The fourth-order valence-corrected chi connectivity index (χ4v) is 3.82. The topological polar surface area (TPSA) is 94.5 Å². The normalized spacial score (nSPS) is 21.6. The number of piperidine rings is 1. The van der Waals surface area contributed by atoms with Gasteiger partial charge in [0.05, 0.1) is 18.5 Å². The van der Waals surface area contributed by atoms with E-state index in [1.807, 2.05) is 0 Å². The molecule has 0 spiro atoms. The fraction of sp³-hybridized carbons (Fsp3) is 0.611. The number of ether oxygens (including phenoxy) is 1. The third-order valence-corrected chi connectivity index (χ3v) is 4.59. The number of esters is 1. The molecule has 2 aromatic heterocycles. The molecule has 2 aromatic rings. The summed E-state index contributed by atoms with van der Waals surface area (Å²) >= 11 is 0. The van der Waals surface area contributed by atoms with Crippen molar-refractivity contribution in [2.45, 2.75) is 40.7 Å². The second kappa shape index (κ2) is 7.00. The Morgan fingerprint density at radius 3 is 2.64 bits per heavy atom. The number of rotatable bonds is 4. The summed E-state index contributed by atoms with van der Waals surface area (Å²) in [5.41, 5.74) is 6.80. The summed E-state index contributed by atoms with van der Waals surface area (Å²) in [4.78, 5) is 23.4.